The number of amides is 1. The zero-order valence-electron chi connectivity index (χ0n) is 17.6. The van der Waals surface area contributed by atoms with Gasteiger partial charge in [0.2, 0.25) is 21.9 Å². The van der Waals surface area contributed by atoms with E-state index in [1.807, 2.05) is 0 Å². The number of primary amides is 1. The van der Waals surface area contributed by atoms with E-state index in [-0.39, 0.29) is 16.8 Å². The van der Waals surface area contributed by atoms with E-state index in [0.717, 1.165) is 6.26 Å². The largest absolute Gasteiger partial charge is 0.366 e. The molecule has 9 nitrogen and oxygen atoms in total. The van der Waals surface area contributed by atoms with Crippen LogP contribution in [0.25, 0.3) is 0 Å². The molecule has 2 aromatic carbocycles. The highest BCUT2D eigenvalue weighted by Crippen LogP contribution is 2.29. The number of sulfonamides is 1. The molecule has 0 unspecified atom stereocenters. The second kappa shape index (κ2) is 10.5. The smallest absolute Gasteiger partial charge is 0.248 e. The van der Waals surface area contributed by atoms with Gasteiger partial charge in [-0.15, -0.1) is 0 Å². The van der Waals surface area contributed by atoms with Crippen LogP contribution in [0.15, 0.2) is 48.7 Å². The third-order valence-corrected chi connectivity index (χ3v) is 5.40. The number of benzene rings is 2. The van der Waals surface area contributed by atoms with Gasteiger partial charge in [0.25, 0.3) is 0 Å². The fraction of sp³-hybridized carbons (Fsp3) is 0.190. The summed E-state index contributed by atoms with van der Waals surface area (Å²) in [4.78, 5) is 19.9. The van der Waals surface area contributed by atoms with E-state index in [1.165, 1.54) is 18.3 Å². The molecule has 12 heteroatoms. The maximum absolute atomic E-state index is 13.3. The second-order valence-corrected chi connectivity index (χ2v) is 9.25. The zero-order chi connectivity index (χ0) is 24.0. The van der Waals surface area contributed by atoms with Crippen LogP contribution in [0.2, 0.25) is 5.02 Å². The van der Waals surface area contributed by atoms with Crippen LogP contribution in [0.5, 0.6) is 0 Å². The highest BCUT2D eigenvalue weighted by molar-refractivity contribution is 7.92. The summed E-state index contributed by atoms with van der Waals surface area (Å²) in [6, 6.07) is 11.3. The van der Waals surface area contributed by atoms with Crippen LogP contribution >= 0.6 is 11.6 Å². The molecular weight excluding hydrogens is 471 g/mol. The van der Waals surface area contributed by atoms with Gasteiger partial charge in [0.15, 0.2) is 5.82 Å². The highest BCUT2D eigenvalue weighted by Gasteiger charge is 2.12. The lowest BCUT2D eigenvalue weighted by Crippen LogP contribution is -2.14. The molecule has 1 amide bonds. The number of carbonyl (C=O) groups excluding carboxylic acids is 1. The maximum atomic E-state index is 13.3. The van der Waals surface area contributed by atoms with Crippen molar-refractivity contribution in [3.8, 4) is 0 Å². The summed E-state index contributed by atoms with van der Waals surface area (Å²) in [7, 11) is -3.49. The van der Waals surface area contributed by atoms with E-state index < -0.39 is 22.6 Å². The molecule has 1 aromatic heterocycles. The average Bonchev–Trinajstić information content (AvgIpc) is 2.76. The molecular formula is C21H22ClFN6O3S. The van der Waals surface area contributed by atoms with Gasteiger partial charge in [-0.2, -0.15) is 4.98 Å². The van der Waals surface area contributed by atoms with Crippen molar-refractivity contribution in [3.63, 3.8) is 0 Å². The van der Waals surface area contributed by atoms with Crippen LogP contribution in [-0.2, 0) is 23.1 Å². The normalized spacial score (nSPS) is 11.1. The fourth-order valence-corrected chi connectivity index (χ4v) is 3.72. The number of carbonyl (C=O) groups is 1. The number of halogens is 2. The molecule has 1 heterocycles. The summed E-state index contributed by atoms with van der Waals surface area (Å²) in [5.74, 6) is -0.0718. The lowest BCUT2D eigenvalue weighted by molar-refractivity contribution is 0.1000. The first-order valence-corrected chi connectivity index (χ1v) is 12.0. The van der Waals surface area contributed by atoms with Gasteiger partial charge in [0.1, 0.15) is 11.7 Å². The number of alkyl halides is 1. The van der Waals surface area contributed by atoms with Crippen molar-refractivity contribution in [1.82, 2.24) is 9.97 Å². The Labute approximate surface area is 195 Å². The Kier molecular flexibility index (Phi) is 7.67. The Morgan fingerprint density at radius 3 is 2.55 bits per heavy atom. The molecule has 0 atom stereocenters. The summed E-state index contributed by atoms with van der Waals surface area (Å²) < 4.78 is 38.9. The van der Waals surface area contributed by atoms with Crippen molar-refractivity contribution in [1.29, 1.82) is 0 Å². The monoisotopic (exact) mass is 492 g/mol. The van der Waals surface area contributed by atoms with Crippen LogP contribution in [0.1, 0.15) is 21.5 Å². The Balaban J connectivity index is 1.73. The topological polar surface area (TPSA) is 139 Å². The number of hydrogen-bond donors (Lipinski definition) is 4. The van der Waals surface area contributed by atoms with E-state index in [2.05, 4.69) is 25.3 Å². The van der Waals surface area contributed by atoms with Gasteiger partial charge >= 0.3 is 0 Å². The number of aromatic nitrogens is 2. The first-order valence-electron chi connectivity index (χ1n) is 9.74. The predicted molar refractivity (Wildman–Crippen MR) is 127 cm³/mol. The zero-order valence-corrected chi connectivity index (χ0v) is 19.2. The van der Waals surface area contributed by atoms with Crippen LogP contribution < -0.4 is 21.1 Å². The van der Waals surface area contributed by atoms with E-state index in [4.69, 9.17) is 17.3 Å². The minimum absolute atomic E-state index is 0.226. The number of hydrogen-bond acceptors (Lipinski definition) is 7. The molecule has 0 saturated carbocycles. The van der Waals surface area contributed by atoms with Gasteiger partial charge in [-0.25, -0.2) is 17.8 Å². The maximum Gasteiger partial charge on any atom is 0.248 e. The van der Waals surface area contributed by atoms with E-state index in [1.54, 1.807) is 30.3 Å². The van der Waals surface area contributed by atoms with Gasteiger partial charge in [-0.05, 0) is 41.8 Å². The van der Waals surface area contributed by atoms with Gasteiger partial charge in [-0.1, -0.05) is 29.8 Å². The molecule has 0 radical (unpaired) electrons. The second-order valence-electron chi connectivity index (χ2n) is 7.09. The predicted octanol–water partition coefficient (Wildman–Crippen LogP) is 3.47. The number of nitrogens with two attached hydrogens (primary N) is 1. The molecule has 0 saturated heterocycles. The van der Waals surface area contributed by atoms with Crippen LogP contribution in [-0.4, -0.2) is 37.1 Å². The molecule has 174 valence electrons. The summed E-state index contributed by atoms with van der Waals surface area (Å²) in [5.41, 5.74) is 7.51. The standard InChI is InChI=1S/C21H22ClFN6O3S/c1-33(31,32)29-18-5-3-2-4-17(18)27-20-16(22)12-26-21(28-20)25-9-8-13-10-14(19(24)30)6-7-15(13)11-23/h2-7,10,12,29H,8-9,11H2,1H3,(H2,24,30)(H2,25,26,27,28). The molecule has 0 aliphatic carbocycles. The van der Waals surface area contributed by atoms with Gasteiger partial charge in [-0.3, -0.25) is 9.52 Å². The molecule has 0 fully saturated rings. The van der Waals surface area contributed by atoms with Crippen LogP contribution in [0.4, 0.5) is 27.5 Å². The first-order chi connectivity index (χ1) is 15.7. The van der Waals surface area contributed by atoms with Crippen molar-refractivity contribution in [2.75, 3.05) is 28.2 Å². The minimum atomic E-state index is -3.49. The Hall–Kier alpha value is -3.44. The number of rotatable bonds is 10. The Morgan fingerprint density at radius 1 is 1.15 bits per heavy atom. The van der Waals surface area contributed by atoms with Crippen molar-refractivity contribution in [2.45, 2.75) is 13.1 Å². The van der Waals surface area contributed by atoms with Crippen molar-refractivity contribution < 1.29 is 17.6 Å². The Bertz CT molecular complexity index is 1270. The lowest BCUT2D eigenvalue weighted by Gasteiger charge is -2.14. The molecule has 3 rings (SSSR count). The molecule has 0 spiro atoms. The molecule has 0 aliphatic rings. The van der Waals surface area contributed by atoms with Crippen molar-refractivity contribution in [2.24, 2.45) is 5.73 Å². The van der Waals surface area contributed by atoms with E-state index >= 15 is 0 Å². The van der Waals surface area contributed by atoms with Gasteiger partial charge in [0, 0.05) is 12.1 Å². The minimum Gasteiger partial charge on any atom is -0.366 e. The molecule has 3 aromatic rings. The molecule has 0 aliphatic heterocycles. The Morgan fingerprint density at radius 2 is 1.88 bits per heavy atom. The third-order valence-electron chi connectivity index (χ3n) is 4.53. The quantitative estimate of drug-likeness (QED) is 0.340. The number of para-hydroxylation sites is 2. The van der Waals surface area contributed by atoms with Gasteiger partial charge < -0.3 is 16.4 Å². The highest BCUT2D eigenvalue weighted by atomic mass is 35.5. The van der Waals surface area contributed by atoms with Crippen molar-refractivity contribution in [3.05, 3.63) is 70.4 Å². The molecule has 33 heavy (non-hydrogen) atoms. The summed E-state index contributed by atoms with van der Waals surface area (Å²) in [6.45, 7) is -0.316. The molecule has 0 bridgehead atoms. The number of nitrogens with one attached hydrogen (secondary N) is 3. The lowest BCUT2D eigenvalue weighted by atomic mass is 10.0. The van der Waals surface area contributed by atoms with Crippen molar-refractivity contribution >= 4 is 50.7 Å². The van der Waals surface area contributed by atoms with Crippen LogP contribution in [0, 0.1) is 0 Å². The summed E-state index contributed by atoms with van der Waals surface area (Å²) in [6.07, 6.45) is 2.85. The SMILES string of the molecule is CS(=O)(=O)Nc1ccccc1Nc1nc(NCCc2cc(C(N)=O)ccc2CF)ncc1Cl. The summed E-state index contributed by atoms with van der Waals surface area (Å²) >= 11 is 6.21. The number of anilines is 4. The van der Waals surface area contributed by atoms with Crippen LogP contribution in [0.3, 0.4) is 0 Å². The van der Waals surface area contributed by atoms with E-state index in [0.29, 0.717) is 41.0 Å². The van der Waals surface area contributed by atoms with E-state index in [9.17, 15) is 17.6 Å². The summed E-state index contributed by atoms with van der Waals surface area (Å²) in [5, 5.41) is 6.25. The fourth-order valence-electron chi connectivity index (χ4n) is 3.00. The first kappa shape index (κ1) is 24.2. The van der Waals surface area contributed by atoms with Gasteiger partial charge in [0.05, 0.1) is 23.8 Å². The number of nitrogens with zero attached hydrogens (tertiary/aromatic N) is 2. The third kappa shape index (κ3) is 6.77. The average molecular weight is 493 g/mol. The molecule has 5 N–H and O–H groups in total.